The van der Waals surface area contributed by atoms with Gasteiger partial charge in [0.05, 0.1) is 5.51 Å². The molecule has 0 radical (unpaired) electrons. The van der Waals surface area contributed by atoms with Crippen molar-refractivity contribution in [1.29, 1.82) is 0 Å². The van der Waals surface area contributed by atoms with Crippen molar-refractivity contribution in [2.24, 2.45) is 10.9 Å². The van der Waals surface area contributed by atoms with E-state index in [-0.39, 0.29) is 11.7 Å². The number of hydrogen-bond donors (Lipinski definition) is 3. The molecule has 0 fully saturated rings. The first-order valence-corrected chi connectivity index (χ1v) is 5.81. The van der Waals surface area contributed by atoms with Crippen LogP contribution in [0.4, 0.5) is 0 Å². The molecule has 0 spiro atoms. The SMILES string of the molecule is NC(CCCCNC(=O)c1cscn1)=NO. The molecule has 0 aromatic carbocycles. The summed E-state index contributed by atoms with van der Waals surface area (Å²) in [5, 5.41) is 15.6. The Morgan fingerprint density at radius 2 is 2.44 bits per heavy atom. The molecule has 1 aromatic heterocycles. The van der Waals surface area contributed by atoms with E-state index in [1.54, 1.807) is 10.9 Å². The zero-order chi connectivity index (χ0) is 11.8. The number of carbonyl (C=O) groups is 1. The van der Waals surface area contributed by atoms with E-state index >= 15 is 0 Å². The minimum Gasteiger partial charge on any atom is -0.409 e. The van der Waals surface area contributed by atoms with Gasteiger partial charge in [-0.15, -0.1) is 11.3 Å². The molecule has 0 aliphatic carbocycles. The highest BCUT2D eigenvalue weighted by atomic mass is 32.1. The minimum atomic E-state index is -0.162. The summed E-state index contributed by atoms with van der Waals surface area (Å²) in [6.45, 7) is 0.565. The lowest BCUT2D eigenvalue weighted by Gasteiger charge is -2.02. The molecular formula is C9H14N4O2S. The monoisotopic (exact) mass is 242 g/mol. The van der Waals surface area contributed by atoms with Gasteiger partial charge >= 0.3 is 0 Å². The Morgan fingerprint density at radius 1 is 1.62 bits per heavy atom. The van der Waals surface area contributed by atoms with E-state index < -0.39 is 0 Å². The third-order valence-corrected chi connectivity index (χ3v) is 2.53. The van der Waals surface area contributed by atoms with E-state index in [0.29, 0.717) is 18.7 Å². The zero-order valence-corrected chi connectivity index (χ0v) is 9.54. The Labute approximate surface area is 97.2 Å². The number of oxime groups is 1. The van der Waals surface area contributed by atoms with Gasteiger partial charge in [0.2, 0.25) is 0 Å². The number of carbonyl (C=O) groups excluding carboxylic acids is 1. The molecule has 0 saturated carbocycles. The van der Waals surface area contributed by atoms with Crippen molar-refractivity contribution < 1.29 is 10.0 Å². The normalized spacial score (nSPS) is 11.4. The van der Waals surface area contributed by atoms with Crippen molar-refractivity contribution in [3.8, 4) is 0 Å². The third-order valence-electron chi connectivity index (χ3n) is 1.94. The molecule has 6 nitrogen and oxygen atoms in total. The second-order valence-electron chi connectivity index (χ2n) is 3.18. The summed E-state index contributed by atoms with van der Waals surface area (Å²) in [6.07, 6.45) is 2.09. The quantitative estimate of drug-likeness (QED) is 0.226. The van der Waals surface area contributed by atoms with Crippen LogP contribution in [0.5, 0.6) is 0 Å². The molecule has 88 valence electrons. The van der Waals surface area contributed by atoms with Crippen LogP contribution in [0, 0.1) is 0 Å². The first kappa shape index (κ1) is 12.4. The van der Waals surface area contributed by atoms with Gasteiger partial charge in [-0.1, -0.05) is 5.16 Å². The molecule has 0 atom stereocenters. The number of nitrogens with one attached hydrogen (secondary N) is 1. The summed E-state index contributed by atoms with van der Waals surface area (Å²) in [4.78, 5) is 15.3. The lowest BCUT2D eigenvalue weighted by Crippen LogP contribution is -2.24. The molecule has 1 amide bonds. The average molecular weight is 242 g/mol. The van der Waals surface area contributed by atoms with Gasteiger partial charge in [0.15, 0.2) is 0 Å². The number of hydrogen-bond acceptors (Lipinski definition) is 5. The fraction of sp³-hybridized carbons (Fsp3) is 0.444. The maximum Gasteiger partial charge on any atom is 0.270 e. The summed E-state index contributed by atoms with van der Waals surface area (Å²) in [7, 11) is 0. The maximum atomic E-state index is 11.4. The largest absolute Gasteiger partial charge is 0.409 e. The Hall–Kier alpha value is -1.63. The summed E-state index contributed by atoms with van der Waals surface area (Å²) >= 11 is 1.39. The van der Waals surface area contributed by atoms with Crippen molar-refractivity contribution >= 4 is 23.1 Å². The van der Waals surface area contributed by atoms with Crippen LogP contribution in [0.2, 0.25) is 0 Å². The van der Waals surface area contributed by atoms with Crippen molar-refractivity contribution in [3.05, 3.63) is 16.6 Å². The van der Waals surface area contributed by atoms with Crippen LogP contribution in [-0.4, -0.2) is 28.5 Å². The lowest BCUT2D eigenvalue weighted by molar-refractivity contribution is 0.0949. The van der Waals surface area contributed by atoms with Crippen LogP contribution >= 0.6 is 11.3 Å². The molecule has 1 rings (SSSR count). The van der Waals surface area contributed by atoms with E-state index in [4.69, 9.17) is 10.9 Å². The first-order chi connectivity index (χ1) is 7.74. The number of amidine groups is 1. The minimum absolute atomic E-state index is 0.162. The number of nitrogens with zero attached hydrogens (tertiary/aromatic N) is 2. The van der Waals surface area contributed by atoms with Gasteiger partial charge < -0.3 is 16.3 Å². The number of aromatic nitrogens is 1. The first-order valence-electron chi connectivity index (χ1n) is 4.87. The summed E-state index contributed by atoms with van der Waals surface area (Å²) < 4.78 is 0. The van der Waals surface area contributed by atoms with Crippen LogP contribution in [0.15, 0.2) is 16.0 Å². The Kier molecular flexibility index (Phi) is 5.27. The van der Waals surface area contributed by atoms with E-state index in [1.807, 2.05) is 0 Å². The van der Waals surface area contributed by atoms with Crippen LogP contribution in [0.25, 0.3) is 0 Å². The topological polar surface area (TPSA) is 101 Å². The zero-order valence-electron chi connectivity index (χ0n) is 8.72. The molecule has 0 aliphatic heterocycles. The van der Waals surface area contributed by atoms with Crippen LogP contribution < -0.4 is 11.1 Å². The van der Waals surface area contributed by atoms with Gasteiger partial charge in [0.1, 0.15) is 11.5 Å². The van der Waals surface area contributed by atoms with Crippen molar-refractivity contribution in [2.45, 2.75) is 19.3 Å². The highest BCUT2D eigenvalue weighted by molar-refractivity contribution is 7.07. The number of amides is 1. The smallest absolute Gasteiger partial charge is 0.270 e. The molecule has 1 heterocycles. The van der Waals surface area contributed by atoms with Gasteiger partial charge in [-0.2, -0.15) is 0 Å². The van der Waals surface area contributed by atoms with Gasteiger partial charge in [0.25, 0.3) is 5.91 Å². The van der Waals surface area contributed by atoms with E-state index in [1.165, 1.54) is 11.3 Å². The third kappa shape index (κ3) is 4.26. The molecule has 16 heavy (non-hydrogen) atoms. The fourth-order valence-electron chi connectivity index (χ4n) is 1.10. The second kappa shape index (κ2) is 6.78. The number of rotatable bonds is 6. The molecule has 0 saturated heterocycles. The molecule has 0 bridgehead atoms. The molecule has 0 aliphatic rings. The van der Waals surface area contributed by atoms with Gasteiger partial charge in [-0.05, 0) is 12.8 Å². The fourth-order valence-corrected chi connectivity index (χ4v) is 1.63. The summed E-state index contributed by atoms with van der Waals surface area (Å²) in [5.41, 5.74) is 7.36. The van der Waals surface area contributed by atoms with Gasteiger partial charge in [0, 0.05) is 18.3 Å². The van der Waals surface area contributed by atoms with Crippen molar-refractivity contribution in [2.75, 3.05) is 6.54 Å². The average Bonchev–Trinajstić information content (AvgIpc) is 2.81. The standard InChI is InChI=1S/C9H14N4O2S/c10-8(13-15)3-1-2-4-11-9(14)7-5-16-6-12-7/h5-6,15H,1-4H2,(H2,10,13)(H,11,14). The number of thiazole rings is 1. The molecular weight excluding hydrogens is 228 g/mol. The van der Waals surface area contributed by atoms with Crippen molar-refractivity contribution in [3.63, 3.8) is 0 Å². The highest BCUT2D eigenvalue weighted by Gasteiger charge is 2.05. The molecule has 0 unspecified atom stereocenters. The van der Waals surface area contributed by atoms with Crippen molar-refractivity contribution in [1.82, 2.24) is 10.3 Å². The second-order valence-corrected chi connectivity index (χ2v) is 3.90. The van der Waals surface area contributed by atoms with E-state index in [9.17, 15) is 4.79 Å². The van der Waals surface area contributed by atoms with Crippen LogP contribution in [0.3, 0.4) is 0 Å². The Morgan fingerprint density at radius 3 is 3.06 bits per heavy atom. The van der Waals surface area contributed by atoms with Gasteiger partial charge in [-0.3, -0.25) is 4.79 Å². The molecule has 7 heteroatoms. The Bertz CT molecular complexity index is 350. The summed E-state index contributed by atoms with van der Waals surface area (Å²) in [5.74, 6) is 0.0517. The Balaban J connectivity index is 2.10. The predicted octanol–water partition coefficient (Wildman–Crippen LogP) is 0.790. The van der Waals surface area contributed by atoms with Gasteiger partial charge in [-0.25, -0.2) is 4.98 Å². The number of nitrogens with two attached hydrogens (primary N) is 1. The van der Waals surface area contributed by atoms with E-state index in [2.05, 4.69) is 15.5 Å². The lowest BCUT2D eigenvalue weighted by atomic mass is 10.2. The highest BCUT2D eigenvalue weighted by Crippen LogP contribution is 2.00. The molecule has 1 aromatic rings. The van der Waals surface area contributed by atoms with Crippen LogP contribution in [0.1, 0.15) is 29.8 Å². The summed E-state index contributed by atoms with van der Waals surface area (Å²) in [6, 6.07) is 0. The van der Waals surface area contributed by atoms with Crippen LogP contribution in [-0.2, 0) is 0 Å². The number of unbranched alkanes of at least 4 members (excludes halogenated alkanes) is 1. The molecule has 4 N–H and O–H groups in total. The van der Waals surface area contributed by atoms with E-state index in [0.717, 1.165) is 12.8 Å². The predicted molar refractivity (Wildman–Crippen MR) is 61.7 cm³/mol. The maximum absolute atomic E-state index is 11.4.